The van der Waals surface area contributed by atoms with Crippen molar-refractivity contribution in [3.05, 3.63) is 25.6 Å². The van der Waals surface area contributed by atoms with Gasteiger partial charge < -0.3 is 10.4 Å². The zero-order valence-corrected chi connectivity index (χ0v) is 14.7. The highest BCUT2D eigenvalue weighted by atomic mass is 79.9. The lowest BCUT2D eigenvalue weighted by Crippen LogP contribution is -2.32. The van der Waals surface area contributed by atoms with Crippen LogP contribution in [0.5, 0.6) is 0 Å². The summed E-state index contributed by atoms with van der Waals surface area (Å²) in [5.41, 5.74) is 1.02. The fourth-order valence-electron chi connectivity index (χ4n) is 2.32. The molecule has 1 aromatic carbocycles. The first kappa shape index (κ1) is 14.8. The predicted octanol–water partition coefficient (Wildman–Crippen LogP) is 5.08. The number of hydrogen-bond donors (Lipinski definition) is 2. The van der Waals surface area contributed by atoms with Gasteiger partial charge in [-0.3, -0.25) is 0 Å². The molecule has 0 aromatic heterocycles. The first-order valence-electron chi connectivity index (χ1n) is 6.17. The fourth-order valence-corrected chi connectivity index (χ4v) is 4.81. The van der Waals surface area contributed by atoms with Gasteiger partial charge in [0.15, 0.2) is 0 Å². The van der Waals surface area contributed by atoms with Crippen LogP contribution < -0.4 is 5.32 Å². The summed E-state index contributed by atoms with van der Waals surface area (Å²) in [5.74, 6) is 0. The summed E-state index contributed by atoms with van der Waals surface area (Å²) in [7, 11) is 0. The van der Waals surface area contributed by atoms with Crippen molar-refractivity contribution in [3.63, 3.8) is 0 Å². The van der Waals surface area contributed by atoms with Crippen molar-refractivity contribution < 1.29 is 5.11 Å². The van der Waals surface area contributed by atoms with E-state index in [1.165, 1.54) is 12.8 Å². The van der Waals surface area contributed by atoms with E-state index in [0.29, 0.717) is 0 Å². The minimum absolute atomic E-state index is 0.140. The SMILES string of the molecule is OC1CCCCCC1Nc1c(Br)cc(Br)cc1Br. The van der Waals surface area contributed by atoms with Gasteiger partial charge in [0, 0.05) is 13.4 Å². The van der Waals surface area contributed by atoms with Crippen molar-refractivity contribution >= 4 is 53.5 Å². The van der Waals surface area contributed by atoms with Crippen molar-refractivity contribution in [2.75, 3.05) is 5.32 Å². The Morgan fingerprint density at radius 2 is 1.61 bits per heavy atom. The largest absolute Gasteiger partial charge is 0.391 e. The third kappa shape index (κ3) is 3.71. The van der Waals surface area contributed by atoms with E-state index in [0.717, 1.165) is 38.4 Å². The van der Waals surface area contributed by atoms with E-state index in [1.54, 1.807) is 0 Å². The second kappa shape index (κ2) is 6.73. The van der Waals surface area contributed by atoms with Gasteiger partial charge in [-0.2, -0.15) is 0 Å². The summed E-state index contributed by atoms with van der Waals surface area (Å²) in [6, 6.07) is 4.16. The first-order chi connectivity index (χ1) is 8.58. The van der Waals surface area contributed by atoms with E-state index < -0.39 is 0 Å². The molecule has 1 aliphatic carbocycles. The maximum atomic E-state index is 10.1. The quantitative estimate of drug-likeness (QED) is 0.627. The lowest BCUT2D eigenvalue weighted by Gasteiger charge is -2.24. The summed E-state index contributed by atoms with van der Waals surface area (Å²) in [4.78, 5) is 0. The average Bonchev–Trinajstić information content (AvgIpc) is 2.49. The van der Waals surface area contributed by atoms with E-state index in [-0.39, 0.29) is 12.1 Å². The molecule has 0 bridgehead atoms. The van der Waals surface area contributed by atoms with E-state index in [4.69, 9.17) is 0 Å². The van der Waals surface area contributed by atoms with Crippen LogP contribution in [-0.2, 0) is 0 Å². The van der Waals surface area contributed by atoms with Gasteiger partial charge in [-0.25, -0.2) is 0 Å². The Morgan fingerprint density at radius 1 is 1.00 bits per heavy atom. The molecule has 100 valence electrons. The maximum absolute atomic E-state index is 10.1. The number of aliphatic hydroxyl groups is 1. The van der Waals surface area contributed by atoms with Gasteiger partial charge in [-0.05, 0) is 56.8 Å². The second-order valence-corrected chi connectivity index (χ2v) is 7.32. The summed E-state index contributed by atoms with van der Waals surface area (Å²) in [6.07, 6.45) is 5.19. The summed E-state index contributed by atoms with van der Waals surface area (Å²) < 4.78 is 3.02. The van der Waals surface area contributed by atoms with Crippen molar-refractivity contribution in [2.24, 2.45) is 0 Å². The molecular weight excluding hydrogens is 426 g/mol. The molecule has 0 amide bonds. The third-order valence-electron chi connectivity index (χ3n) is 3.32. The van der Waals surface area contributed by atoms with Crippen LogP contribution in [-0.4, -0.2) is 17.3 Å². The number of rotatable bonds is 2. The molecular formula is C13H16Br3NO. The first-order valence-corrected chi connectivity index (χ1v) is 8.55. The van der Waals surface area contributed by atoms with E-state index in [1.807, 2.05) is 12.1 Å². The Kier molecular flexibility index (Phi) is 5.54. The Labute approximate surface area is 133 Å². The summed E-state index contributed by atoms with van der Waals surface area (Å²) in [5, 5.41) is 13.6. The molecule has 1 aromatic rings. The molecule has 0 saturated heterocycles. The Balaban J connectivity index is 2.17. The molecule has 1 fully saturated rings. The van der Waals surface area contributed by atoms with Crippen LogP contribution in [0.1, 0.15) is 32.1 Å². The highest BCUT2D eigenvalue weighted by molar-refractivity contribution is 9.11. The number of halogens is 3. The van der Waals surface area contributed by atoms with Crippen molar-refractivity contribution in [3.8, 4) is 0 Å². The number of aliphatic hydroxyl groups excluding tert-OH is 1. The van der Waals surface area contributed by atoms with Crippen LogP contribution in [0.4, 0.5) is 5.69 Å². The van der Waals surface area contributed by atoms with Gasteiger partial charge in [-0.15, -0.1) is 0 Å². The average molecular weight is 442 g/mol. The van der Waals surface area contributed by atoms with Crippen molar-refractivity contribution in [2.45, 2.75) is 44.2 Å². The molecule has 2 N–H and O–H groups in total. The van der Waals surface area contributed by atoms with Gasteiger partial charge in [0.05, 0.1) is 17.8 Å². The predicted molar refractivity (Wildman–Crippen MR) is 86.0 cm³/mol. The Bertz CT molecular complexity index is 402. The number of benzene rings is 1. The van der Waals surface area contributed by atoms with Crippen LogP contribution in [0.15, 0.2) is 25.6 Å². The second-order valence-electron chi connectivity index (χ2n) is 4.70. The zero-order chi connectivity index (χ0) is 13.1. The van der Waals surface area contributed by atoms with Crippen LogP contribution in [0.25, 0.3) is 0 Å². The van der Waals surface area contributed by atoms with E-state index in [9.17, 15) is 5.11 Å². The molecule has 5 heteroatoms. The smallest absolute Gasteiger partial charge is 0.0741 e. The minimum Gasteiger partial charge on any atom is -0.391 e. The third-order valence-corrected chi connectivity index (χ3v) is 5.02. The molecule has 1 aliphatic rings. The topological polar surface area (TPSA) is 32.3 Å². The number of nitrogens with one attached hydrogen (secondary N) is 1. The molecule has 0 heterocycles. The molecule has 0 radical (unpaired) electrons. The number of anilines is 1. The Morgan fingerprint density at radius 3 is 2.28 bits per heavy atom. The molecule has 18 heavy (non-hydrogen) atoms. The maximum Gasteiger partial charge on any atom is 0.0741 e. The lowest BCUT2D eigenvalue weighted by molar-refractivity contribution is 0.144. The molecule has 1 saturated carbocycles. The van der Waals surface area contributed by atoms with Crippen LogP contribution >= 0.6 is 47.8 Å². The monoisotopic (exact) mass is 439 g/mol. The highest BCUT2D eigenvalue weighted by Gasteiger charge is 2.22. The minimum atomic E-state index is -0.255. The van der Waals surface area contributed by atoms with Gasteiger partial charge >= 0.3 is 0 Å². The van der Waals surface area contributed by atoms with Crippen molar-refractivity contribution in [1.29, 1.82) is 0 Å². The molecule has 0 spiro atoms. The molecule has 2 atom stereocenters. The van der Waals surface area contributed by atoms with Crippen LogP contribution in [0, 0.1) is 0 Å². The molecule has 2 unspecified atom stereocenters. The van der Waals surface area contributed by atoms with E-state index in [2.05, 4.69) is 53.1 Å². The van der Waals surface area contributed by atoms with Crippen LogP contribution in [0.2, 0.25) is 0 Å². The lowest BCUT2D eigenvalue weighted by atomic mass is 10.1. The summed E-state index contributed by atoms with van der Waals surface area (Å²) >= 11 is 10.6. The van der Waals surface area contributed by atoms with Gasteiger partial charge in [0.2, 0.25) is 0 Å². The normalized spacial score (nSPS) is 24.7. The number of hydrogen-bond acceptors (Lipinski definition) is 2. The highest BCUT2D eigenvalue weighted by Crippen LogP contribution is 2.36. The van der Waals surface area contributed by atoms with Crippen LogP contribution in [0.3, 0.4) is 0 Å². The standard InChI is InChI=1S/C13H16Br3NO/c14-8-6-9(15)13(10(16)7-8)17-11-4-2-1-3-5-12(11)18/h6-7,11-12,17-18H,1-5H2. The molecule has 2 nitrogen and oxygen atoms in total. The Hall–Kier alpha value is 0.420. The van der Waals surface area contributed by atoms with Gasteiger partial charge in [0.1, 0.15) is 0 Å². The van der Waals surface area contributed by atoms with E-state index >= 15 is 0 Å². The van der Waals surface area contributed by atoms with Gasteiger partial charge in [-0.1, -0.05) is 35.2 Å². The fraction of sp³-hybridized carbons (Fsp3) is 0.538. The zero-order valence-electron chi connectivity index (χ0n) is 9.93. The molecule has 0 aliphatic heterocycles. The summed E-state index contributed by atoms with van der Waals surface area (Å²) in [6.45, 7) is 0. The van der Waals surface area contributed by atoms with Gasteiger partial charge in [0.25, 0.3) is 0 Å². The van der Waals surface area contributed by atoms with Crippen molar-refractivity contribution in [1.82, 2.24) is 0 Å². The molecule has 2 rings (SSSR count).